The molecule has 0 aliphatic heterocycles. The molecular weight excluding hydrogens is 562 g/mol. The zero-order valence-corrected chi connectivity index (χ0v) is 24.0. The van der Waals surface area contributed by atoms with E-state index in [1.165, 1.54) is 0 Å². The Hall–Kier alpha value is -4.30. The molecule has 1 aromatic heterocycles. The lowest BCUT2D eigenvalue weighted by atomic mass is 9.69. The van der Waals surface area contributed by atoms with Crippen molar-refractivity contribution in [1.82, 2.24) is 4.98 Å². The second-order valence-electron chi connectivity index (χ2n) is 11.0. The molecule has 1 fully saturated rings. The van der Waals surface area contributed by atoms with Crippen LogP contribution < -0.4 is 10.5 Å². The number of carboxylic acid groups (broad SMARTS) is 2. The van der Waals surface area contributed by atoms with E-state index in [4.69, 9.17) is 35.3 Å². The number of benzene rings is 2. The van der Waals surface area contributed by atoms with Crippen LogP contribution in [-0.4, -0.2) is 92.3 Å². The highest BCUT2D eigenvalue weighted by atomic mass is 16.5. The highest BCUT2D eigenvalue weighted by Gasteiger charge is 2.47. The van der Waals surface area contributed by atoms with Gasteiger partial charge in [0.1, 0.15) is 25.4 Å². The molecule has 3 atom stereocenters. The molecule has 1 amide bonds. The number of quaternary nitrogens is 1. The van der Waals surface area contributed by atoms with Crippen molar-refractivity contribution in [3.05, 3.63) is 83.6 Å². The van der Waals surface area contributed by atoms with Crippen LogP contribution in [0.4, 0.5) is 0 Å². The van der Waals surface area contributed by atoms with E-state index in [0.717, 1.165) is 37.1 Å². The summed E-state index contributed by atoms with van der Waals surface area (Å²) in [4.78, 5) is 35.2. The summed E-state index contributed by atoms with van der Waals surface area (Å²) in [6.45, 7) is 1.85. The van der Waals surface area contributed by atoms with E-state index in [2.05, 4.69) is 19.1 Å². The molecule has 1 saturated carbocycles. The summed E-state index contributed by atoms with van der Waals surface area (Å²) >= 11 is 0. The Bertz CT molecular complexity index is 1350. The number of ether oxygens (including phenoxy) is 1. The summed E-state index contributed by atoms with van der Waals surface area (Å²) in [5.41, 5.74) is 5.35. The maximum absolute atomic E-state index is 11.7. The molecule has 0 saturated heterocycles. The maximum atomic E-state index is 11.7. The molecule has 43 heavy (non-hydrogen) atoms. The van der Waals surface area contributed by atoms with Gasteiger partial charge < -0.3 is 44.9 Å². The summed E-state index contributed by atoms with van der Waals surface area (Å²) in [7, 11) is 4.19. The molecule has 7 N–H and O–H groups in total. The molecule has 3 aromatic rings. The number of nitrogens with two attached hydrogens (primary N) is 1. The fourth-order valence-electron chi connectivity index (χ4n) is 4.51. The van der Waals surface area contributed by atoms with Crippen LogP contribution in [-0.2, 0) is 21.7 Å². The van der Waals surface area contributed by atoms with Gasteiger partial charge in [0, 0.05) is 11.5 Å². The standard InChI is InChI=1S/C26H31N3O4.C4H6O6/c1-29(2,15-16-32-22-13-11-19(12-14-22)24(27)30)18-23-17-28-25(33-23)26(31,21-9-6-10-21)20-7-4-3-5-8-20;5-1(3(7)8)2(6)4(9)10/h3-5,7-8,11-14,17,21,31H,6,9-10,15-16,18H2,1-2H3,(H-,27,30);1-2,5-6H,(H,7,8)(H,9,10)/p+1. The van der Waals surface area contributed by atoms with Crippen molar-refractivity contribution in [1.29, 1.82) is 0 Å². The third-order valence-corrected chi connectivity index (χ3v) is 7.28. The number of hydrogen-bond acceptors (Lipinski definition) is 9. The van der Waals surface area contributed by atoms with Gasteiger partial charge in [-0.15, -0.1) is 0 Å². The van der Waals surface area contributed by atoms with E-state index in [1.54, 1.807) is 30.5 Å². The SMILES string of the molecule is C[N+](C)(CCOc1ccc(C(N)=O)cc1)Cc1cnc(C(O)(c2ccccc2)C2CCC2)o1.O=C(O)C(O)C(O)C(=O)O. The van der Waals surface area contributed by atoms with Gasteiger partial charge in [-0.2, -0.15) is 0 Å². The van der Waals surface area contributed by atoms with Crippen LogP contribution in [0.15, 0.2) is 65.2 Å². The van der Waals surface area contributed by atoms with Crippen LogP contribution in [0.3, 0.4) is 0 Å². The molecule has 0 spiro atoms. The Labute approximate surface area is 248 Å². The number of likely N-dealkylation sites (N-methyl/N-ethyl adjacent to an activating group) is 1. The van der Waals surface area contributed by atoms with Crippen LogP contribution >= 0.6 is 0 Å². The number of oxazole rings is 1. The number of aliphatic carboxylic acids is 2. The largest absolute Gasteiger partial charge is 0.488 e. The van der Waals surface area contributed by atoms with E-state index in [1.807, 2.05) is 30.3 Å². The van der Waals surface area contributed by atoms with Crippen molar-refractivity contribution in [3.63, 3.8) is 0 Å². The number of aromatic nitrogens is 1. The molecule has 232 valence electrons. The van der Waals surface area contributed by atoms with Crippen molar-refractivity contribution in [2.24, 2.45) is 11.7 Å². The lowest BCUT2D eigenvalue weighted by Crippen LogP contribution is -2.42. The molecule has 1 aliphatic carbocycles. The van der Waals surface area contributed by atoms with Crippen LogP contribution in [0.1, 0.15) is 46.8 Å². The smallest absolute Gasteiger partial charge is 0.335 e. The quantitative estimate of drug-likeness (QED) is 0.154. The number of hydrogen-bond donors (Lipinski definition) is 6. The molecule has 1 heterocycles. The minimum Gasteiger partial charge on any atom is -0.488 e. The van der Waals surface area contributed by atoms with Gasteiger partial charge in [-0.05, 0) is 42.7 Å². The fourth-order valence-corrected chi connectivity index (χ4v) is 4.51. The number of amides is 1. The maximum Gasteiger partial charge on any atom is 0.335 e. The molecule has 2 aromatic carbocycles. The molecular formula is C30H38N3O10+. The number of nitrogens with zero attached hydrogens (tertiary/aromatic N) is 2. The Balaban J connectivity index is 0.000000436. The second-order valence-corrected chi connectivity index (χ2v) is 11.0. The Morgan fingerprint density at radius 2 is 1.60 bits per heavy atom. The van der Waals surface area contributed by atoms with E-state index < -0.39 is 35.7 Å². The number of carbonyl (C=O) groups is 3. The normalized spacial score (nSPS) is 16.0. The van der Waals surface area contributed by atoms with Crippen LogP contribution in [0, 0.1) is 5.92 Å². The van der Waals surface area contributed by atoms with Crippen molar-refractivity contribution in [2.45, 2.75) is 43.6 Å². The Morgan fingerprint density at radius 1 is 1.02 bits per heavy atom. The second kappa shape index (κ2) is 14.2. The molecule has 1 aliphatic rings. The fraction of sp³-hybridized carbons (Fsp3) is 0.400. The molecule has 3 unspecified atom stereocenters. The highest BCUT2D eigenvalue weighted by Crippen LogP contribution is 2.46. The lowest BCUT2D eigenvalue weighted by molar-refractivity contribution is -0.904. The van der Waals surface area contributed by atoms with Gasteiger partial charge >= 0.3 is 11.9 Å². The predicted octanol–water partition coefficient (Wildman–Crippen LogP) is 1.34. The highest BCUT2D eigenvalue weighted by molar-refractivity contribution is 5.92. The van der Waals surface area contributed by atoms with Gasteiger partial charge in [0.2, 0.25) is 11.8 Å². The Kier molecular flexibility index (Phi) is 11.0. The molecule has 13 nitrogen and oxygen atoms in total. The average molecular weight is 601 g/mol. The molecule has 0 bridgehead atoms. The number of rotatable bonds is 13. The number of aliphatic hydroxyl groups is 3. The van der Waals surface area contributed by atoms with E-state index in [-0.39, 0.29) is 5.92 Å². The van der Waals surface area contributed by atoms with E-state index in [0.29, 0.717) is 34.8 Å². The molecule has 13 heteroatoms. The number of aliphatic hydroxyl groups excluding tert-OH is 2. The number of primary amides is 1. The first-order chi connectivity index (χ1) is 20.2. The summed E-state index contributed by atoms with van der Waals surface area (Å²) in [6.07, 6.45) is 0.230. The van der Waals surface area contributed by atoms with E-state index in [9.17, 15) is 19.5 Å². The van der Waals surface area contributed by atoms with Crippen molar-refractivity contribution in [3.8, 4) is 5.75 Å². The Morgan fingerprint density at radius 3 is 2.09 bits per heavy atom. The average Bonchev–Trinajstić information content (AvgIpc) is 3.40. The van der Waals surface area contributed by atoms with Crippen molar-refractivity contribution in [2.75, 3.05) is 27.2 Å². The molecule has 0 radical (unpaired) electrons. The summed E-state index contributed by atoms with van der Waals surface area (Å²) in [5.74, 6) is -2.08. The van der Waals surface area contributed by atoms with Crippen LogP contribution in [0.25, 0.3) is 0 Å². The zero-order valence-electron chi connectivity index (χ0n) is 24.0. The van der Waals surface area contributed by atoms with Gasteiger partial charge in [-0.3, -0.25) is 4.79 Å². The van der Waals surface area contributed by atoms with Crippen molar-refractivity contribution >= 4 is 17.8 Å². The minimum atomic E-state index is -2.27. The first-order valence-corrected chi connectivity index (χ1v) is 13.6. The predicted molar refractivity (Wildman–Crippen MR) is 152 cm³/mol. The van der Waals surface area contributed by atoms with Gasteiger partial charge in [0.05, 0.1) is 20.3 Å². The topological polar surface area (TPSA) is 214 Å². The first kappa shape index (κ1) is 33.2. The van der Waals surface area contributed by atoms with Gasteiger partial charge in [-0.1, -0.05) is 36.8 Å². The third-order valence-electron chi connectivity index (χ3n) is 7.28. The third kappa shape index (κ3) is 8.61. The molecule has 4 rings (SSSR count). The monoisotopic (exact) mass is 600 g/mol. The first-order valence-electron chi connectivity index (χ1n) is 13.6. The van der Waals surface area contributed by atoms with Gasteiger partial charge in [-0.25, -0.2) is 14.6 Å². The summed E-state index contributed by atoms with van der Waals surface area (Å²) in [6, 6.07) is 16.5. The van der Waals surface area contributed by atoms with Gasteiger partial charge in [0.25, 0.3) is 0 Å². The van der Waals surface area contributed by atoms with Crippen LogP contribution in [0.2, 0.25) is 0 Å². The number of carboxylic acids is 2. The zero-order chi connectivity index (χ0) is 31.8. The minimum absolute atomic E-state index is 0.114. The van der Waals surface area contributed by atoms with Gasteiger partial charge in [0.15, 0.2) is 23.6 Å². The number of carbonyl (C=O) groups excluding carboxylic acids is 1. The van der Waals surface area contributed by atoms with E-state index >= 15 is 0 Å². The summed E-state index contributed by atoms with van der Waals surface area (Å²) < 4.78 is 12.6. The van der Waals surface area contributed by atoms with Crippen LogP contribution in [0.5, 0.6) is 5.75 Å². The van der Waals surface area contributed by atoms with Crippen molar-refractivity contribution < 1.29 is 53.6 Å². The summed E-state index contributed by atoms with van der Waals surface area (Å²) in [5, 5.41) is 44.2. The lowest BCUT2D eigenvalue weighted by Gasteiger charge is -2.39.